The van der Waals surface area contributed by atoms with Gasteiger partial charge in [-0.3, -0.25) is 19.1 Å². The van der Waals surface area contributed by atoms with Crippen LogP contribution in [0.2, 0.25) is 0 Å². The number of amides is 4. The highest BCUT2D eigenvalue weighted by Crippen LogP contribution is 2.36. The van der Waals surface area contributed by atoms with Gasteiger partial charge in [-0.25, -0.2) is 23.2 Å². The van der Waals surface area contributed by atoms with Gasteiger partial charge in [0.25, 0.3) is 0 Å². The maximum Gasteiger partial charge on any atom is 0.427 e. The number of hydrogen-bond donors (Lipinski definition) is 3. The van der Waals surface area contributed by atoms with Crippen LogP contribution in [0.1, 0.15) is 85.5 Å². The van der Waals surface area contributed by atoms with Crippen molar-refractivity contribution >= 4 is 44.9 Å². The minimum Gasteiger partial charge on any atom is -0.497 e. The van der Waals surface area contributed by atoms with Crippen LogP contribution in [-0.2, 0) is 29.1 Å². The summed E-state index contributed by atoms with van der Waals surface area (Å²) in [6.07, 6.45) is 2.91. The predicted molar refractivity (Wildman–Crippen MR) is 206 cm³/mol. The Kier molecular flexibility index (Phi) is 13.8. The fourth-order valence-electron chi connectivity index (χ4n) is 7.38. The standard InChI is InChI=1S/C39H53F3N6O9S/c1-22(12-13-24-10-7-11-28(24)35(50)47-58(53,54)27-15-16-27)8-6-9-23(2)33(46-37(52)57-38(3,4)39(40,41)42)36(51)48-21-26(19-31(48)34(43)49)56-32-20-44-29-17-14-25(55-5)18-30(29)45-32/h12-14,17-18,20,22-24,26-28,31,33H,6-11,15-16,19,21H2,1-5H3,(H2,43,49)(H,46,52)(H,47,50)/b13-12-/t22-,23-,24+,26-,28?,31+,33+/m1/s1. The number of sulfonamides is 1. The first-order valence-electron chi connectivity index (χ1n) is 19.6. The molecule has 1 aromatic carbocycles. The van der Waals surface area contributed by atoms with Crippen molar-refractivity contribution in [3.05, 3.63) is 36.5 Å². The van der Waals surface area contributed by atoms with E-state index in [-0.39, 0.29) is 30.7 Å². The second kappa shape index (κ2) is 18.1. The van der Waals surface area contributed by atoms with Crippen LogP contribution in [0, 0.1) is 23.7 Å². The number of alkyl halides is 3. The third kappa shape index (κ3) is 11.1. The van der Waals surface area contributed by atoms with Crippen molar-refractivity contribution in [2.75, 3.05) is 13.7 Å². The molecule has 15 nitrogen and oxygen atoms in total. The average Bonchev–Trinajstić information content (AvgIpc) is 3.77. The number of ether oxygens (including phenoxy) is 3. The number of allylic oxidation sites excluding steroid dienone is 2. The van der Waals surface area contributed by atoms with E-state index in [9.17, 15) is 40.8 Å². The number of likely N-dealkylation sites (tertiary alicyclic amines) is 1. The lowest BCUT2D eigenvalue weighted by Gasteiger charge is -2.33. The molecular weight excluding hydrogens is 786 g/mol. The molecule has 4 amide bonds. The molecule has 1 unspecified atom stereocenters. The molecule has 5 rings (SSSR count). The summed E-state index contributed by atoms with van der Waals surface area (Å²) in [5.74, 6) is -2.59. The van der Waals surface area contributed by atoms with Crippen LogP contribution in [0.3, 0.4) is 0 Å². The Morgan fingerprint density at radius 2 is 1.79 bits per heavy atom. The number of nitrogens with two attached hydrogens (primary N) is 1. The molecule has 320 valence electrons. The van der Waals surface area contributed by atoms with Gasteiger partial charge in [-0.05, 0) is 82.3 Å². The number of halogens is 3. The van der Waals surface area contributed by atoms with Crippen LogP contribution in [0.5, 0.6) is 11.6 Å². The topological polar surface area (TPSA) is 209 Å². The molecule has 1 aliphatic heterocycles. The van der Waals surface area contributed by atoms with Gasteiger partial charge in [0.05, 0.1) is 36.1 Å². The number of carbonyl (C=O) groups excluding carboxylic acids is 4. The maximum atomic E-state index is 14.2. The summed E-state index contributed by atoms with van der Waals surface area (Å²) < 4.78 is 83.9. The molecule has 58 heavy (non-hydrogen) atoms. The lowest BCUT2D eigenvalue weighted by molar-refractivity contribution is -0.244. The Hall–Kier alpha value is -4.68. The number of rotatable bonds is 17. The number of fused-ring (bicyclic) bond motifs is 1. The fraction of sp³-hybridized carbons (Fsp3) is 0.641. The zero-order chi connectivity index (χ0) is 42.6. The number of hydrogen-bond acceptors (Lipinski definition) is 11. The van der Waals surface area contributed by atoms with Gasteiger partial charge in [0.2, 0.25) is 39.2 Å². The lowest BCUT2D eigenvalue weighted by atomic mass is 9.90. The molecule has 0 bridgehead atoms. The minimum atomic E-state index is -4.90. The summed E-state index contributed by atoms with van der Waals surface area (Å²) in [5.41, 5.74) is 3.91. The number of primary amides is 1. The van der Waals surface area contributed by atoms with Gasteiger partial charge in [0, 0.05) is 18.4 Å². The van der Waals surface area contributed by atoms with Crippen molar-refractivity contribution in [2.45, 2.75) is 121 Å². The van der Waals surface area contributed by atoms with E-state index in [0.717, 1.165) is 17.7 Å². The Labute approximate surface area is 336 Å². The normalized spacial score (nSPS) is 23.0. The number of nitrogens with one attached hydrogen (secondary N) is 2. The molecule has 7 atom stereocenters. The first-order valence-corrected chi connectivity index (χ1v) is 21.1. The van der Waals surface area contributed by atoms with Gasteiger partial charge in [-0.1, -0.05) is 38.8 Å². The molecule has 1 saturated heterocycles. The second-order valence-corrected chi connectivity index (χ2v) is 18.1. The summed E-state index contributed by atoms with van der Waals surface area (Å²) in [5, 5.41) is 1.85. The summed E-state index contributed by atoms with van der Waals surface area (Å²) in [4.78, 5) is 62.7. The highest BCUT2D eigenvalue weighted by Gasteiger charge is 2.52. The van der Waals surface area contributed by atoms with Crippen molar-refractivity contribution in [1.29, 1.82) is 0 Å². The number of carbonyl (C=O) groups is 4. The largest absolute Gasteiger partial charge is 0.497 e. The average molecular weight is 839 g/mol. The number of alkyl carbamates (subject to hydrolysis) is 1. The number of benzene rings is 1. The molecule has 1 aromatic heterocycles. The third-order valence-corrected chi connectivity index (χ3v) is 13.0. The van der Waals surface area contributed by atoms with Gasteiger partial charge in [-0.15, -0.1) is 0 Å². The summed E-state index contributed by atoms with van der Waals surface area (Å²) in [7, 11) is -2.14. The molecule has 2 heterocycles. The van der Waals surface area contributed by atoms with Crippen LogP contribution in [0.15, 0.2) is 36.5 Å². The number of aromatic nitrogens is 2. The summed E-state index contributed by atoms with van der Waals surface area (Å²) >= 11 is 0. The first kappa shape index (κ1) is 44.4. The molecule has 19 heteroatoms. The molecule has 0 radical (unpaired) electrons. The number of methoxy groups -OCH3 is 1. The quantitative estimate of drug-likeness (QED) is 0.182. The molecular formula is C39H53F3N6O9S. The van der Waals surface area contributed by atoms with E-state index in [2.05, 4.69) is 20.0 Å². The zero-order valence-corrected chi connectivity index (χ0v) is 34.1. The molecule has 0 spiro atoms. The van der Waals surface area contributed by atoms with E-state index in [4.69, 9.17) is 19.9 Å². The van der Waals surface area contributed by atoms with Gasteiger partial charge in [0.15, 0.2) is 0 Å². The molecule has 2 saturated carbocycles. The van der Waals surface area contributed by atoms with Gasteiger partial charge >= 0.3 is 12.3 Å². The van der Waals surface area contributed by atoms with Crippen LogP contribution >= 0.6 is 0 Å². The Morgan fingerprint density at radius 1 is 1.07 bits per heavy atom. The van der Waals surface area contributed by atoms with Crippen molar-refractivity contribution in [3.8, 4) is 11.6 Å². The lowest BCUT2D eigenvalue weighted by Crippen LogP contribution is -2.56. The Morgan fingerprint density at radius 3 is 2.45 bits per heavy atom. The molecule has 3 aliphatic rings. The minimum absolute atomic E-state index is 0.0152. The van der Waals surface area contributed by atoms with E-state index < -0.39 is 80.9 Å². The van der Waals surface area contributed by atoms with Crippen LogP contribution in [-0.4, -0.2) is 96.0 Å². The van der Waals surface area contributed by atoms with Gasteiger partial charge in [0.1, 0.15) is 23.9 Å². The molecule has 3 fully saturated rings. The highest BCUT2D eigenvalue weighted by molar-refractivity contribution is 7.90. The maximum absolute atomic E-state index is 14.2. The SMILES string of the molecule is COc1ccc2ncc(O[C@@H]3C[C@@H](C(N)=O)N(C(=O)[C@@H](NC(=O)OC(C)(C)C(F)(F)F)[C@H](C)CCC[C@@H](C)/C=C\[C@@H]4CCCC4C(=O)NS(=O)(=O)C4CC4)C3)nc2c1. The van der Waals surface area contributed by atoms with E-state index in [1.807, 2.05) is 19.1 Å². The highest BCUT2D eigenvalue weighted by atomic mass is 32.2. The Balaban J connectivity index is 1.25. The van der Waals surface area contributed by atoms with Crippen LogP contribution < -0.4 is 25.2 Å². The van der Waals surface area contributed by atoms with Crippen molar-refractivity contribution in [2.24, 2.45) is 29.4 Å². The zero-order valence-electron chi connectivity index (χ0n) is 33.3. The third-order valence-electron chi connectivity index (χ3n) is 11.1. The fourth-order valence-corrected chi connectivity index (χ4v) is 8.73. The molecule has 4 N–H and O–H groups in total. The predicted octanol–water partition coefficient (Wildman–Crippen LogP) is 4.93. The number of nitrogens with zero attached hydrogens (tertiary/aromatic N) is 3. The van der Waals surface area contributed by atoms with Gasteiger partial charge in [-0.2, -0.15) is 13.2 Å². The van der Waals surface area contributed by atoms with Gasteiger partial charge < -0.3 is 30.2 Å². The smallest absolute Gasteiger partial charge is 0.427 e. The van der Waals surface area contributed by atoms with Crippen molar-refractivity contribution < 1.29 is 55.0 Å². The van der Waals surface area contributed by atoms with E-state index in [1.54, 1.807) is 25.1 Å². The molecule has 2 aromatic rings. The first-order chi connectivity index (χ1) is 27.2. The van der Waals surface area contributed by atoms with E-state index in [1.165, 1.54) is 13.3 Å². The Bertz CT molecular complexity index is 1980. The second-order valence-electron chi connectivity index (χ2n) is 16.1. The summed E-state index contributed by atoms with van der Waals surface area (Å²) in [6, 6.07) is 2.55. The van der Waals surface area contributed by atoms with Crippen LogP contribution in [0.25, 0.3) is 11.0 Å². The van der Waals surface area contributed by atoms with Crippen molar-refractivity contribution in [1.82, 2.24) is 24.9 Å². The van der Waals surface area contributed by atoms with Crippen LogP contribution in [0.4, 0.5) is 18.0 Å². The summed E-state index contributed by atoms with van der Waals surface area (Å²) in [6.45, 7) is 4.87. The molecule has 2 aliphatic carbocycles. The monoisotopic (exact) mass is 838 g/mol. The van der Waals surface area contributed by atoms with Crippen molar-refractivity contribution in [3.63, 3.8) is 0 Å². The van der Waals surface area contributed by atoms with E-state index in [0.29, 0.717) is 69.2 Å². The van der Waals surface area contributed by atoms with E-state index >= 15 is 0 Å².